The molecular weight excluding hydrogens is 430 g/mol. The number of nitrogens with two attached hydrogens (primary N) is 3. The largest absolute Gasteiger partial charge is 0.481 e. The minimum atomic E-state index is -1.59. The first-order chi connectivity index (χ1) is 14.8. The lowest BCUT2D eigenvalue weighted by molar-refractivity contribution is -0.143. The Morgan fingerprint density at radius 3 is 1.94 bits per heavy atom. The molecule has 0 saturated carbocycles. The lowest BCUT2D eigenvalue weighted by atomic mass is 10.1. The Hall–Kier alpha value is -3.46. The second kappa shape index (κ2) is 13.8. The van der Waals surface area contributed by atoms with Crippen molar-refractivity contribution in [3.05, 3.63) is 0 Å². The summed E-state index contributed by atoms with van der Waals surface area (Å²) in [7, 11) is 0. The monoisotopic (exact) mass is 461 g/mol. The van der Waals surface area contributed by atoms with Gasteiger partial charge in [-0.15, -0.1) is 0 Å². The minimum Gasteiger partial charge on any atom is -0.481 e. The van der Waals surface area contributed by atoms with Crippen LogP contribution in [0.15, 0.2) is 4.99 Å². The normalized spacial score (nSPS) is 15.2. The molecule has 0 aliphatic heterocycles. The summed E-state index contributed by atoms with van der Waals surface area (Å²) in [4.78, 5) is 62.7. The van der Waals surface area contributed by atoms with E-state index in [0.29, 0.717) is 0 Å². The van der Waals surface area contributed by atoms with E-state index in [2.05, 4.69) is 20.9 Å². The molecule has 0 fully saturated rings. The fraction of sp³-hybridized carbons (Fsp3) is 0.647. The number of rotatable bonds is 14. The molecule has 0 aromatic heterocycles. The van der Waals surface area contributed by atoms with Crippen molar-refractivity contribution in [3.63, 3.8) is 0 Å². The third-order valence-electron chi connectivity index (χ3n) is 4.15. The topological polar surface area (TPSA) is 273 Å². The fourth-order valence-corrected chi connectivity index (χ4v) is 2.31. The molecular formula is C17H31N7O8. The number of aliphatic hydroxyl groups excluding tert-OH is 1. The summed E-state index contributed by atoms with van der Waals surface area (Å²) >= 11 is 0. The van der Waals surface area contributed by atoms with Gasteiger partial charge in [-0.1, -0.05) is 0 Å². The Balaban J connectivity index is 5.03. The molecule has 0 aliphatic carbocycles. The number of aliphatic carboxylic acids is 2. The van der Waals surface area contributed by atoms with Gasteiger partial charge >= 0.3 is 11.9 Å². The van der Waals surface area contributed by atoms with Crippen LogP contribution in [0, 0.1) is 0 Å². The zero-order chi connectivity index (χ0) is 25.0. The molecule has 0 spiro atoms. The molecule has 0 aromatic carbocycles. The van der Waals surface area contributed by atoms with Gasteiger partial charge in [-0.2, -0.15) is 0 Å². The second-order valence-corrected chi connectivity index (χ2v) is 7.00. The van der Waals surface area contributed by atoms with Crippen LogP contribution in [0.1, 0.15) is 33.1 Å². The lowest BCUT2D eigenvalue weighted by Gasteiger charge is -2.23. The van der Waals surface area contributed by atoms with E-state index in [4.69, 9.17) is 22.3 Å². The Labute approximate surface area is 183 Å². The maximum atomic E-state index is 12.4. The van der Waals surface area contributed by atoms with Crippen LogP contribution in [0.4, 0.5) is 0 Å². The van der Waals surface area contributed by atoms with Crippen molar-refractivity contribution in [1.29, 1.82) is 0 Å². The van der Waals surface area contributed by atoms with E-state index < -0.39 is 66.4 Å². The molecule has 5 atom stereocenters. The van der Waals surface area contributed by atoms with Gasteiger partial charge in [0.25, 0.3) is 0 Å². The van der Waals surface area contributed by atoms with Crippen LogP contribution in [-0.2, 0) is 24.0 Å². The summed E-state index contributed by atoms with van der Waals surface area (Å²) in [6, 6.07) is -5.54. The van der Waals surface area contributed by atoms with Crippen molar-refractivity contribution in [2.24, 2.45) is 22.2 Å². The average Bonchev–Trinajstić information content (AvgIpc) is 2.67. The van der Waals surface area contributed by atoms with Crippen LogP contribution in [0.2, 0.25) is 0 Å². The predicted molar refractivity (Wildman–Crippen MR) is 111 cm³/mol. The Bertz CT molecular complexity index is 724. The molecule has 0 saturated heterocycles. The van der Waals surface area contributed by atoms with Crippen molar-refractivity contribution in [3.8, 4) is 0 Å². The molecule has 0 aliphatic rings. The smallest absolute Gasteiger partial charge is 0.326 e. The standard InChI is InChI=1S/C17H31N7O8/c1-7(13(28)23-9(16(31)32)4-3-5-21-17(19)20)22-14(29)10(6-11(26)27)24-15(30)12(18)8(2)25/h7-10,12,25H,3-6,18H2,1-2H3,(H,22,29)(H,23,28)(H,24,30)(H,26,27)(H,31,32)(H4,19,20,21). The Kier molecular flexibility index (Phi) is 12.3. The van der Waals surface area contributed by atoms with Gasteiger partial charge < -0.3 is 48.5 Å². The quantitative estimate of drug-likeness (QED) is 0.0679. The summed E-state index contributed by atoms with van der Waals surface area (Å²) < 4.78 is 0. The number of nitrogens with one attached hydrogen (secondary N) is 3. The summed E-state index contributed by atoms with van der Waals surface area (Å²) in [6.45, 7) is 2.63. The van der Waals surface area contributed by atoms with Crippen molar-refractivity contribution in [1.82, 2.24) is 16.0 Å². The summed E-state index contributed by atoms with van der Waals surface area (Å²) in [6.07, 6.45) is -1.81. The molecule has 5 unspecified atom stereocenters. The van der Waals surface area contributed by atoms with Gasteiger partial charge in [0.1, 0.15) is 24.2 Å². The van der Waals surface area contributed by atoms with Gasteiger partial charge in [0, 0.05) is 6.54 Å². The number of carboxylic acid groups (broad SMARTS) is 2. The van der Waals surface area contributed by atoms with Gasteiger partial charge in [0.15, 0.2) is 5.96 Å². The summed E-state index contributed by atoms with van der Waals surface area (Å²) in [5, 5.41) is 34.1. The fourth-order valence-electron chi connectivity index (χ4n) is 2.31. The molecule has 0 heterocycles. The molecule has 0 aromatic rings. The van der Waals surface area contributed by atoms with E-state index in [9.17, 15) is 34.2 Å². The van der Waals surface area contributed by atoms with Crippen LogP contribution < -0.4 is 33.2 Å². The highest BCUT2D eigenvalue weighted by Gasteiger charge is 2.30. The van der Waals surface area contributed by atoms with Gasteiger partial charge in [0.05, 0.1) is 12.5 Å². The molecule has 0 rings (SSSR count). The van der Waals surface area contributed by atoms with E-state index in [1.54, 1.807) is 0 Å². The number of carbonyl (C=O) groups excluding carboxylic acids is 3. The van der Waals surface area contributed by atoms with E-state index in [1.807, 2.05) is 0 Å². The third-order valence-corrected chi connectivity index (χ3v) is 4.15. The number of guanidine groups is 1. The van der Waals surface area contributed by atoms with Crippen molar-refractivity contribution < 1.29 is 39.3 Å². The number of aliphatic hydroxyl groups is 1. The van der Waals surface area contributed by atoms with Crippen molar-refractivity contribution in [2.75, 3.05) is 6.54 Å². The van der Waals surface area contributed by atoms with Crippen LogP contribution in [0.3, 0.4) is 0 Å². The molecule has 12 N–H and O–H groups in total. The third kappa shape index (κ3) is 11.1. The van der Waals surface area contributed by atoms with E-state index in [0.717, 1.165) is 0 Å². The van der Waals surface area contributed by atoms with Crippen molar-refractivity contribution in [2.45, 2.75) is 63.4 Å². The van der Waals surface area contributed by atoms with Crippen molar-refractivity contribution >= 4 is 35.6 Å². The van der Waals surface area contributed by atoms with Gasteiger partial charge in [-0.3, -0.25) is 24.2 Å². The highest BCUT2D eigenvalue weighted by Crippen LogP contribution is 2.01. The second-order valence-electron chi connectivity index (χ2n) is 7.00. The Morgan fingerprint density at radius 2 is 1.47 bits per heavy atom. The average molecular weight is 461 g/mol. The zero-order valence-corrected chi connectivity index (χ0v) is 17.8. The van der Waals surface area contributed by atoms with Crippen LogP contribution in [0.25, 0.3) is 0 Å². The van der Waals surface area contributed by atoms with Gasteiger partial charge in [0.2, 0.25) is 17.7 Å². The Morgan fingerprint density at radius 1 is 0.906 bits per heavy atom. The van der Waals surface area contributed by atoms with Gasteiger partial charge in [-0.05, 0) is 26.7 Å². The number of aliphatic imine (C=N–C) groups is 1. The molecule has 3 amide bonds. The number of carboxylic acids is 2. The van der Waals surface area contributed by atoms with Gasteiger partial charge in [-0.25, -0.2) is 4.79 Å². The van der Waals surface area contributed by atoms with Crippen LogP contribution in [0.5, 0.6) is 0 Å². The maximum absolute atomic E-state index is 12.4. The molecule has 182 valence electrons. The number of hydrogen-bond donors (Lipinski definition) is 9. The lowest BCUT2D eigenvalue weighted by Crippen LogP contribution is -2.57. The van der Waals surface area contributed by atoms with Crippen LogP contribution >= 0.6 is 0 Å². The first kappa shape index (κ1) is 28.5. The molecule has 0 radical (unpaired) electrons. The van der Waals surface area contributed by atoms with E-state index >= 15 is 0 Å². The first-order valence-corrected chi connectivity index (χ1v) is 9.61. The zero-order valence-electron chi connectivity index (χ0n) is 17.8. The molecule has 0 bridgehead atoms. The number of amides is 3. The number of carbonyl (C=O) groups is 5. The molecule has 15 nitrogen and oxygen atoms in total. The van der Waals surface area contributed by atoms with Crippen LogP contribution in [-0.4, -0.2) is 87.8 Å². The predicted octanol–water partition coefficient (Wildman–Crippen LogP) is -4.22. The number of hydrogen-bond acceptors (Lipinski definition) is 8. The van der Waals surface area contributed by atoms with E-state index in [1.165, 1.54) is 13.8 Å². The number of nitrogens with zero attached hydrogens (tertiary/aromatic N) is 1. The highest BCUT2D eigenvalue weighted by atomic mass is 16.4. The first-order valence-electron chi connectivity index (χ1n) is 9.61. The molecule has 32 heavy (non-hydrogen) atoms. The summed E-state index contributed by atoms with van der Waals surface area (Å²) in [5.74, 6) is -5.72. The molecule has 15 heteroatoms. The summed E-state index contributed by atoms with van der Waals surface area (Å²) in [5.41, 5.74) is 15.8. The maximum Gasteiger partial charge on any atom is 0.326 e. The SMILES string of the molecule is CC(NC(=O)C(CC(=O)O)NC(=O)C(N)C(C)O)C(=O)NC(CCCN=C(N)N)C(=O)O. The highest BCUT2D eigenvalue weighted by molar-refractivity contribution is 5.95. The minimum absolute atomic E-state index is 0.00739. The van der Waals surface area contributed by atoms with E-state index in [-0.39, 0.29) is 25.3 Å².